The van der Waals surface area contributed by atoms with Gasteiger partial charge in [0, 0.05) is 18.7 Å². The number of carbonyl (C=O) groups is 1. The molecule has 0 aliphatic rings. The minimum Gasteiger partial charge on any atom is -0.379 e. The summed E-state index contributed by atoms with van der Waals surface area (Å²) in [5, 5.41) is 7.97. The van der Waals surface area contributed by atoms with Crippen LogP contribution in [0.5, 0.6) is 0 Å². The molecule has 0 unspecified atom stereocenters. The number of rotatable bonds is 7. The van der Waals surface area contributed by atoms with Crippen LogP contribution in [-0.2, 0) is 4.74 Å². The summed E-state index contributed by atoms with van der Waals surface area (Å²) < 4.78 is 7.23. The average Bonchev–Trinajstić information content (AvgIpc) is 2.82. The number of nitrogens with one attached hydrogen (secondary N) is 1. The second kappa shape index (κ2) is 8.31. The van der Waals surface area contributed by atoms with Gasteiger partial charge in [-0.1, -0.05) is 11.6 Å². The number of aromatic nitrogens is 2. The summed E-state index contributed by atoms with van der Waals surface area (Å²) in [7, 11) is 0. The van der Waals surface area contributed by atoms with E-state index in [1.54, 1.807) is 16.8 Å². The summed E-state index contributed by atoms with van der Waals surface area (Å²) >= 11 is 6.17. The fraction of sp³-hybridized carbons (Fsp3) is 0.444. The highest BCUT2D eigenvalue weighted by atomic mass is 35.5. The smallest absolute Gasteiger partial charge is 0.251 e. The molecule has 1 N–H and O–H groups in total. The molecule has 1 heterocycles. The van der Waals surface area contributed by atoms with E-state index in [1.807, 2.05) is 39.8 Å². The van der Waals surface area contributed by atoms with Crippen molar-refractivity contribution in [3.63, 3.8) is 0 Å². The van der Waals surface area contributed by atoms with Crippen LogP contribution < -0.4 is 5.32 Å². The Hall–Kier alpha value is -1.85. The molecule has 0 bridgehead atoms. The Morgan fingerprint density at radius 2 is 1.96 bits per heavy atom. The minimum atomic E-state index is -0.0857. The summed E-state index contributed by atoms with van der Waals surface area (Å²) in [6.45, 7) is 9.03. The maximum absolute atomic E-state index is 12.1. The third-order valence-electron chi connectivity index (χ3n) is 3.63. The van der Waals surface area contributed by atoms with Gasteiger partial charge in [0.15, 0.2) is 0 Å². The lowest BCUT2D eigenvalue weighted by Gasteiger charge is -2.09. The van der Waals surface area contributed by atoms with Gasteiger partial charge < -0.3 is 10.1 Å². The van der Waals surface area contributed by atoms with Crippen LogP contribution in [0.25, 0.3) is 5.69 Å². The molecular formula is C18H24ClN3O2. The number of hydrogen-bond donors (Lipinski definition) is 1. The van der Waals surface area contributed by atoms with Gasteiger partial charge >= 0.3 is 0 Å². The highest BCUT2D eigenvalue weighted by molar-refractivity contribution is 6.31. The minimum absolute atomic E-state index is 0.0857. The Labute approximate surface area is 148 Å². The molecular weight excluding hydrogens is 326 g/mol. The molecule has 0 radical (unpaired) electrons. The summed E-state index contributed by atoms with van der Waals surface area (Å²) in [5.74, 6) is -0.0857. The SMILES string of the molecule is Cc1nn(-c2ccc(C(=O)NCCCOC(C)C)cc2)c(C)c1Cl. The van der Waals surface area contributed by atoms with Crippen LogP contribution >= 0.6 is 11.6 Å². The van der Waals surface area contributed by atoms with Crippen LogP contribution in [0.4, 0.5) is 0 Å². The number of hydrogen-bond acceptors (Lipinski definition) is 3. The maximum atomic E-state index is 12.1. The third-order valence-corrected chi connectivity index (χ3v) is 4.18. The Morgan fingerprint density at radius 3 is 2.50 bits per heavy atom. The van der Waals surface area contributed by atoms with E-state index in [0.29, 0.717) is 23.7 Å². The number of nitrogens with zero attached hydrogens (tertiary/aromatic N) is 2. The normalized spacial score (nSPS) is 11.1. The molecule has 0 fully saturated rings. The van der Waals surface area contributed by atoms with Crippen LogP contribution in [0.1, 0.15) is 42.0 Å². The van der Waals surface area contributed by atoms with Gasteiger partial charge in [-0.3, -0.25) is 4.79 Å². The number of ether oxygens (including phenoxy) is 1. The lowest BCUT2D eigenvalue weighted by atomic mass is 10.2. The molecule has 2 rings (SSSR count). The van der Waals surface area contributed by atoms with E-state index in [-0.39, 0.29) is 12.0 Å². The van der Waals surface area contributed by atoms with Crippen LogP contribution in [0.15, 0.2) is 24.3 Å². The van der Waals surface area contributed by atoms with E-state index in [0.717, 1.165) is 23.5 Å². The fourth-order valence-corrected chi connectivity index (χ4v) is 2.44. The molecule has 1 aromatic carbocycles. The molecule has 0 aliphatic heterocycles. The number of carbonyl (C=O) groups excluding carboxylic acids is 1. The topological polar surface area (TPSA) is 56.2 Å². The van der Waals surface area contributed by atoms with Crippen molar-refractivity contribution in [2.45, 2.75) is 40.2 Å². The quantitative estimate of drug-likeness (QED) is 0.775. The molecule has 5 nitrogen and oxygen atoms in total. The molecule has 24 heavy (non-hydrogen) atoms. The largest absolute Gasteiger partial charge is 0.379 e. The first-order valence-corrected chi connectivity index (χ1v) is 8.50. The standard InChI is InChI=1S/C18H24ClN3O2/c1-12(2)24-11-5-10-20-18(23)15-6-8-16(9-7-15)22-14(4)17(19)13(3)21-22/h6-9,12H,5,10-11H2,1-4H3,(H,20,23). The number of halogens is 1. The molecule has 0 saturated heterocycles. The van der Waals surface area contributed by atoms with Crippen molar-refractivity contribution in [2.24, 2.45) is 0 Å². The van der Waals surface area contributed by atoms with Gasteiger partial charge in [-0.15, -0.1) is 0 Å². The van der Waals surface area contributed by atoms with Crippen molar-refractivity contribution in [2.75, 3.05) is 13.2 Å². The Kier molecular flexibility index (Phi) is 6.40. The maximum Gasteiger partial charge on any atom is 0.251 e. The van der Waals surface area contributed by atoms with Gasteiger partial charge in [0.05, 0.1) is 28.2 Å². The molecule has 6 heteroatoms. The Morgan fingerprint density at radius 1 is 1.29 bits per heavy atom. The predicted octanol–water partition coefficient (Wildman–Crippen LogP) is 3.69. The van der Waals surface area contributed by atoms with Gasteiger partial charge in [-0.05, 0) is 58.4 Å². The Balaban J connectivity index is 1.94. The molecule has 0 aliphatic carbocycles. The molecule has 0 atom stereocenters. The zero-order valence-electron chi connectivity index (χ0n) is 14.6. The van der Waals surface area contributed by atoms with E-state index >= 15 is 0 Å². The van der Waals surface area contributed by atoms with Crippen molar-refractivity contribution < 1.29 is 9.53 Å². The average molecular weight is 350 g/mol. The van der Waals surface area contributed by atoms with Crippen molar-refractivity contribution in [3.8, 4) is 5.69 Å². The van der Waals surface area contributed by atoms with E-state index in [1.165, 1.54) is 0 Å². The number of amides is 1. The van der Waals surface area contributed by atoms with Gasteiger partial charge in [0.1, 0.15) is 0 Å². The van der Waals surface area contributed by atoms with Crippen molar-refractivity contribution >= 4 is 17.5 Å². The van der Waals surface area contributed by atoms with Crippen LogP contribution in [-0.4, -0.2) is 34.9 Å². The molecule has 1 amide bonds. The second-order valence-corrected chi connectivity index (χ2v) is 6.35. The molecule has 1 aromatic heterocycles. The van der Waals surface area contributed by atoms with Crippen LogP contribution in [0.3, 0.4) is 0 Å². The summed E-state index contributed by atoms with van der Waals surface area (Å²) in [6, 6.07) is 7.32. The second-order valence-electron chi connectivity index (χ2n) is 5.97. The monoisotopic (exact) mass is 349 g/mol. The zero-order valence-corrected chi connectivity index (χ0v) is 15.4. The Bertz CT molecular complexity index is 693. The first-order chi connectivity index (χ1) is 11.4. The van der Waals surface area contributed by atoms with E-state index < -0.39 is 0 Å². The number of aryl methyl sites for hydroxylation is 1. The van der Waals surface area contributed by atoms with Gasteiger partial charge in [-0.25, -0.2) is 4.68 Å². The fourth-order valence-electron chi connectivity index (χ4n) is 2.32. The molecule has 0 spiro atoms. The highest BCUT2D eigenvalue weighted by Crippen LogP contribution is 2.22. The summed E-state index contributed by atoms with van der Waals surface area (Å²) in [4.78, 5) is 12.1. The van der Waals surface area contributed by atoms with Crippen LogP contribution in [0, 0.1) is 13.8 Å². The van der Waals surface area contributed by atoms with Crippen molar-refractivity contribution in [3.05, 3.63) is 46.2 Å². The molecule has 2 aromatic rings. The predicted molar refractivity (Wildman–Crippen MR) is 96.1 cm³/mol. The van der Waals surface area contributed by atoms with Gasteiger partial charge in [0.25, 0.3) is 5.91 Å². The first kappa shape index (κ1) is 18.5. The number of benzene rings is 1. The zero-order chi connectivity index (χ0) is 17.7. The lowest BCUT2D eigenvalue weighted by molar-refractivity contribution is 0.0757. The van der Waals surface area contributed by atoms with E-state index in [4.69, 9.17) is 16.3 Å². The third kappa shape index (κ3) is 4.58. The van der Waals surface area contributed by atoms with E-state index in [2.05, 4.69) is 10.4 Å². The molecule has 0 saturated carbocycles. The van der Waals surface area contributed by atoms with Gasteiger partial charge in [-0.2, -0.15) is 5.10 Å². The molecule has 130 valence electrons. The summed E-state index contributed by atoms with van der Waals surface area (Å²) in [6.07, 6.45) is 1.02. The highest BCUT2D eigenvalue weighted by Gasteiger charge is 2.11. The first-order valence-electron chi connectivity index (χ1n) is 8.12. The van der Waals surface area contributed by atoms with E-state index in [9.17, 15) is 4.79 Å². The van der Waals surface area contributed by atoms with Crippen molar-refractivity contribution in [1.82, 2.24) is 15.1 Å². The van der Waals surface area contributed by atoms with Gasteiger partial charge in [0.2, 0.25) is 0 Å². The van der Waals surface area contributed by atoms with Crippen molar-refractivity contribution in [1.29, 1.82) is 0 Å². The lowest BCUT2D eigenvalue weighted by Crippen LogP contribution is -2.25. The summed E-state index contributed by atoms with van der Waals surface area (Å²) in [5.41, 5.74) is 3.18. The van der Waals surface area contributed by atoms with Crippen LogP contribution in [0.2, 0.25) is 5.02 Å².